The van der Waals surface area contributed by atoms with Gasteiger partial charge in [0, 0.05) is 0 Å². The van der Waals surface area contributed by atoms with Gasteiger partial charge in [-0.2, -0.15) is 0 Å². The highest BCUT2D eigenvalue weighted by molar-refractivity contribution is 5.40. The van der Waals surface area contributed by atoms with Crippen molar-refractivity contribution in [2.45, 2.75) is 45.1 Å². The number of benzene rings is 1. The molecule has 0 aromatic heterocycles. The Kier molecular flexibility index (Phi) is 6.16. The number of aliphatic hydroxyl groups is 2. The van der Waals surface area contributed by atoms with Crippen LogP contribution in [0.2, 0.25) is 0 Å². The van der Waals surface area contributed by atoms with Crippen molar-refractivity contribution < 1.29 is 14.9 Å². The van der Waals surface area contributed by atoms with E-state index < -0.39 is 6.10 Å². The van der Waals surface area contributed by atoms with E-state index in [4.69, 9.17) is 9.84 Å². The molecule has 0 saturated carbocycles. The number of methoxy groups -OCH3 is 1. The lowest BCUT2D eigenvalue weighted by Gasteiger charge is -2.21. The monoisotopic (exact) mass is 252 g/mol. The first kappa shape index (κ1) is 15.0. The number of aliphatic hydroxyl groups excluding tert-OH is 2. The maximum atomic E-state index is 9.62. The van der Waals surface area contributed by atoms with Crippen molar-refractivity contribution in [3.8, 4) is 5.75 Å². The molecule has 0 fully saturated rings. The topological polar surface area (TPSA) is 49.7 Å². The zero-order valence-electron chi connectivity index (χ0n) is 11.5. The number of aryl methyl sites for hydroxylation is 1. The van der Waals surface area contributed by atoms with Crippen LogP contribution in [0.15, 0.2) is 18.2 Å². The summed E-state index contributed by atoms with van der Waals surface area (Å²) in [5, 5.41) is 18.6. The molecule has 0 spiro atoms. The van der Waals surface area contributed by atoms with E-state index in [1.807, 2.05) is 6.07 Å². The predicted octanol–water partition coefficient (Wildman–Crippen LogP) is 2.49. The van der Waals surface area contributed by atoms with Gasteiger partial charge in [-0.1, -0.05) is 26.0 Å². The van der Waals surface area contributed by atoms with Crippen LogP contribution in [-0.2, 0) is 6.42 Å². The summed E-state index contributed by atoms with van der Waals surface area (Å²) in [6.45, 7) is 4.02. The second-order valence-electron chi connectivity index (χ2n) is 4.61. The standard InChI is InChI=1S/C15H24O3/c1-4-11-6-7-15(18-3)14(8-11)12(5-2)9-13(17)10-16/h6-8,12-13,16-17H,4-5,9-10H2,1-3H3. The van der Waals surface area contributed by atoms with Crippen molar-refractivity contribution in [1.82, 2.24) is 0 Å². The minimum absolute atomic E-state index is 0.188. The molecule has 0 heterocycles. The zero-order valence-corrected chi connectivity index (χ0v) is 11.5. The molecule has 0 aliphatic rings. The van der Waals surface area contributed by atoms with Gasteiger partial charge in [0.05, 0.1) is 19.8 Å². The highest BCUT2D eigenvalue weighted by atomic mass is 16.5. The average molecular weight is 252 g/mol. The van der Waals surface area contributed by atoms with Gasteiger partial charge in [-0.25, -0.2) is 0 Å². The van der Waals surface area contributed by atoms with Crippen molar-refractivity contribution in [1.29, 1.82) is 0 Å². The van der Waals surface area contributed by atoms with Gasteiger partial charge in [0.1, 0.15) is 5.75 Å². The summed E-state index contributed by atoms with van der Waals surface area (Å²) in [5.41, 5.74) is 2.40. The van der Waals surface area contributed by atoms with Gasteiger partial charge < -0.3 is 14.9 Å². The van der Waals surface area contributed by atoms with Crippen LogP contribution in [0.3, 0.4) is 0 Å². The Balaban J connectivity index is 3.01. The van der Waals surface area contributed by atoms with E-state index in [1.165, 1.54) is 5.56 Å². The van der Waals surface area contributed by atoms with Crippen molar-refractivity contribution in [3.63, 3.8) is 0 Å². The molecule has 1 aromatic rings. The highest BCUT2D eigenvalue weighted by Crippen LogP contribution is 2.33. The summed E-state index contributed by atoms with van der Waals surface area (Å²) >= 11 is 0. The Bertz CT molecular complexity index is 363. The first-order chi connectivity index (χ1) is 8.65. The second kappa shape index (κ2) is 7.39. The normalized spacial score (nSPS) is 14.3. The fourth-order valence-corrected chi connectivity index (χ4v) is 2.24. The fraction of sp³-hybridized carbons (Fsp3) is 0.600. The van der Waals surface area contributed by atoms with Crippen molar-refractivity contribution in [2.75, 3.05) is 13.7 Å². The molecule has 0 amide bonds. The van der Waals surface area contributed by atoms with Crippen LogP contribution in [0.25, 0.3) is 0 Å². The Morgan fingerprint density at radius 3 is 2.50 bits per heavy atom. The molecule has 18 heavy (non-hydrogen) atoms. The molecule has 2 atom stereocenters. The van der Waals surface area contributed by atoms with E-state index in [0.717, 1.165) is 24.2 Å². The SMILES string of the molecule is CCc1ccc(OC)c(C(CC)CC(O)CO)c1. The first-order valence-corrected chi connectivity index (χ1v) is 6.61. The van der Waals surface area contributed by atoms with Crippen LogP contribution < -0.4 is 4.74 Å². The van der Waals surface area contributed by atoms with Crippen LogP contribution in [0.1, 0.15) is 43.7 Å². The van der Waals surface area contributed by atoms with Crippen LogP contribution in [-0.4, -0.2) is 30.0 Å². The van der Waals surface area contributed by atoms with Crippen LogP contribution in [0.5, 0.6) is 5.75 Å². The number of hydrogen-bond acceptors (Lipinski definition) is 3. The molecule has 0 bridgehead atoms. The molecule has 1 aromatic carbocycles. The van der Waals surface area contributed by atoms with E-state index in [9.17, 15) is 5.11 Å². The van der Waals surface area contributed by atoms with Crippen molar-refractivity contribution in [2.24, 2.45) is 0 Å². The fourth-order valence-electron chi connectivity index (χ4n) is 2.24. The van der Waals surface area contributed by atoms with Crippen LogP contribution in [0, 0.1) is 0 Å². The number of rotatable bonds is 7. The first-order valence-electron chi connectivity index (χ1n) is 6.61. The predicted molar refractivity (Wildman–Crippen MR) is 73.1 cm³/mol. The second-order valence-corrected chi connectivity index (χ2v) is 4.61. The summed E-state index contributed by atoms with van der Waals surface area (Å²) < 4.78 is 5.40. The van der Waals surface area contributed by atoms with Gasteiger partial charge in [0.15, 0.2) is 0 Å². The third-order valence-electron chi connectivity index (χ3n) is 3.40. The minimum atomic E-state index is -0.662. The molecule has 0 aliphatic carbocycles. The summed E-state index contributed by atoms with van der Waals surface area (Å²) in [6, 6.07) is 6.21. The maximum absolute atomic E-state index is 9.62. The summed E-state index contributed by atoms with van der Waals surface area (Å²) in [6.07, 6.45) is 1.80. The smallest absolute Gasteiger partial charge is 0.122 e. The van der Waals surface area contributed by atoms with Gasteiger partial charge in [0.25, 0.3) is 0 Å². The Hall–Kier alpha value is -1.06. The largest absolute Gasteiger partial charge is 0.496 e. The molecule has 0 aliphatic heterocycles. The lowest BCUT2D eigenvalue weighted by Crippen LogP contribution is -2.16. The van der Waals surface area contributed by atoms with E-state index in [2.05, 4.69) is 26.0 Å². The van der Waals surface area contributed by atoms with Crippen LogP contribution in [0.4, 0.5) is 0 Å². The number of ether oxygens (including phenoxy) is 1. The van der Waals surface area contributed by atoms with E-state index in [0.29, 0.717) is 6.42 Å². The molecule has 3 nitrogen and oxygen atoms in total. The zero-order chi connectivity index (χ0) is 13.5. The maximum Gasteiger partial charge on any atom is 0.122 e. The molecular formula is C15H24O3. The Morgan fingerprint density at radius 1 is 1.28 bits per heavy atom. The lowest BCUT2D eigenvalue weighted by atomic mass is 9.89. The molecule has 1 rings (SSSR count). The van der Waals surface area contributed by atoms with Gasteiger partial charge in [-0.3, -0.25) is 0 Å². The molecule has 3 heteroatoms. The molecule has 0 saturated heterocycles. The van der Waals surface area contributed by atoms with Gasteiger partial charge in [-0.15, -0.1) is 0 Å². The quantitative estimate of drug-likeness (QED) is 0.784. The average Bonchev–Trinajstić information content (AvgIpc) is 2.43. The summed E-state index contributed by atoms with van der Waals surface area (Å²) in [5.74, 6) is 1.08. The van der Waals surface area contributed by atoms with Gasteiger partial charge in [0.2, 0.25) is 0 Å². The molecule has 2 unspecified atom stereocenters. The lowest BCUT2D eigenvalue weighted by molar-refractivity contribution is 0.0815. The third kappa shape index (κ3) is 3.72. The third-order valence-corrected chi connectivity index (χ3v) is 3.40. The Morgan fingerprint density at radius 2 is 2.00 bits per heavy atom. The minimum Gasteiger partial charge on any atom is -0.496 e. The molecule has 0 radical (unpaired) electrons. The van der Waals surface area contributed by atoms with E-state index >= 15 is 0 Å². The highest BCUT2D eigenvalue weighted by Gasteiger charge is 2.18. The number of hydrogen-bond donors (Lipinski definition) is 2. The molecule has 2 N–H and O–H groups in total. The Labute approximate surface area is 109 Å². The molecular weight excluding hydrogens is 228 g/mol. The van der Waals surface area contributed by atoms with Crippen LogP contribution >= 0.6 is 0 Å². The summed E-state index contributed by atoms with van der Waals surface area (Å²) in [4.78, 5) is 0. The van der Waals surface area contributed by atoms with E-state index in [-0.39, 0.29) is 12.5 Å². The molecule has 102 valence electrons. The summed E-state index contributed by atoms with van der Waals surface area (Å²) in [7, 11) is 1.67. The van der Waals surface area contributed by atoms with E-state index in [1.54, 1.807) is 7.11 Å². The van der Waals surface area contributed by atoms with Gasteiger partial charge in [-0.05, 0) is 42.4 Å². The van der Waals surface area contributed by atoms with Crippen molar-refractivity contribution >= 4 is 0 Å². The van der Waals surface area contributed by atoms with Gasteiger partial charge >= 0.3 is 0 Å². The van der Waals surface area contributed by atoms with Crippen molar-refractivity contribution in [3.05, 3.63) is 29.3 Å².